The summed E-state index contributed by atoms with van der Waals surface area (Å²) in [4.78, 5) is 24.7. The quantitative estimate of drug-likeness (QED) is 0.514. The summed E-state index contributed by atoms with van der Waals surface area (Å²) in [6.07, 6.45) is 3.49. The first-order chi connectivity index (χ1) is 12.2. The molecular weight excluding hydrogens is 328 g/mol. The summed E-state index contributed by atoms with van der Waals surface area (Å²) in [5.41, 5.74) is 0.626. The number of rotatable bonds is 2. The first-order valence-electron chi connectivity index (χ1n) is 8.71. The van der Waals surface area contributed by atoms with E-state index in [0.717, 1.165) is 0 Å². The van der Waals surface area contributed by atoms with Crippen molar-refractivity contribution in [1.82, 2.24) is 0 Å². The van der Waals surface area contributed by atoms with Crippen molar-refractivity contribution in [3.8, 4) is 0 Å². The normalized spacial score (nSPS) is 52.7. The molecule has 6 aliphatic heterocycles. The maximum absolute atomic E-state index is 12.3. The number of fused-ring (bicyclic) bond motifs is 16. The van der Waals surface area contributed by atoms with Gasteiger partial charge in [0.1, 0.15) is 0 Å². The smallest absolute Gasteiger partial charge is 0.337 e. The van der Waals surface area contributed by atoms with Crippen molar-refractivity contribution in [3.05, 3.63) is 23.3 Å². The Hall–Kier alpha value is -1.70. The first kappa shape index (κ1) is 14.5. The van der Waals surface area contributed by atoms with E-state index in [2.05, 4.69) is 12.2 Å². The molecule has 132 valence electrons. The van der Waals surface area contributed by atoms with Gasteiger partial charge in [-0.05, 0) is 0 Å². The molecule has 0 aromatic rings. The third-order valence-electron chi connectivity index (χ3n) is 6.95. The Labute approximate surface area is 143 Å². The van der Waals surface area contributed by atoms with E-state index < -0.39 is 24.1 Å². The largest absolute Gasteiger partial charge is 0.466 e. The molecule has 7 heteroatoms. The monoisotopic (exact) mass is 346 g/mol. The van der Waals surface area contributed by atoms with Gasteiger partial charge in [0.25, 0.3) is 0 Å². The summed E-state index contributed by atoms with van der Waals surface area (Å²) in [6.45, 7) is 0. The predicted octanol–water partition coefficient (Wildman–Crippen LogP) is -0.00700. The van der Waals surface area contributed by atoms with Gasteiger partial charge in [-0.15, -0.1) is 0 Å². The molecule has 0 aromatic carbocycles. The SMILES string of the molecule is COC(=O)C1=C(C(=O)OC)[C@H]2O[C@H]1[C@H]1[C@H]3O[C@@H]([C@H]4[C@@H]3[C@@H]3C=C[C@@H]4O3)[C@@H]12. The Kier molecular flexibility index (Phi) is 2.62. The van der Waals surface area contributed by atoms with Crippen molar-refractivity contribution in [2.45, 2.75) is 36.6 Å². The third-order valence-corrected chi connectivity index (χ3v) is 6.95. The van der Waals surface area contributed by atoms with Gasteiger partial charge >= 0.3 is 11.9 Å². The molecule has 0 radical (unpaired) electrons. The second-order valence-electron chi connectivity index (χ2n) is 7.61. The van der Waals surface area contributed by atoms with E-state index in [9.17, 15) is 9.59 Å². The Bertz CT molecular complexity index is 697. The number of hydrogen-bond acceptors (Lipinski definition) is 7. The van der Waals surface area contributed by atoms with Crippen LogP contribution in [0.4, 0.5) is 0 Å². The van der Waals surface area contributed by atoms with E-state index in [4.69, 9.17) is 23.7 Å². The Morgan fingerprint density at radius 2 is 1.24 bits per heavy atom. The topological polar surface area (TPSA) is 80.3 Å². The zero-order valence-electron chi connectivity index (χ0n) is 13.8. The highest BCUT2D eigenvalue weighted by Crippen LogP contribution is 2.65. The molecule has 0 unspecified atom stereocenters. The van der Waals surface area contributed by atoms with E-state index in [1.165, 1.54) is 14.2 Å². The maximum atomic E-state index is 12.3. The summed E-state index contributed by atoms with van der Waals surface area (Å²) < 4.78 is 28.4. The Morgan fingerprint density at radius 1 is 0.760 bits per heavy atom. The highest BCUT2D eigenvalue weighted by molar-refractivity contribution is 6.03. The molecule has 0 saturated carbocycles. The summed E-state index contributed by atoms with van der Waals surface area (Å²) >= 11 is 0. The van der Waals surface area contributed by atoms with Gasteiger partial charge < -0.3 is 23.7 Å². The third kappa shape index (κ3) is 1.46. The van der Waals surface area contributed by atoms with Gasteiger partial charge in [0.05, 0.1) is 62.0 Å². The fraction of sp³-hybridized carbons (Fsp3) is 0.667. The van der Waals surface area contributed by atoms with E-state index in [0.29, 0.717) is 23.0 Å². The molecule has 7 nitrogen and oxygen atoms in total. The number of ether oxygens (including phenoxy) is 5. The van der Waals surface area contributed by atoms with Crippen molar-refractivity contribution < 1.29 is 33.3 Å². The number of carbonyl (C=O) groups is 2. The van der Waals surface area contributed by atoms with Crippen molar-refractivity contribution >= 4 is 11.9 Å². The lowest BCUT2D eigenvalue weighted by Crippen LogP contribution is -2.49. The van der Waals surface area contributed by atoms with Crippen LogP contribution in [0, 0.1) is 23.7 Å². The average molecular weight is 346 g/mol. The highest BCUT2D eigenvalue weighted by Gasteiger charge is 2.75. The second-order valence-corrected chi connectivity index (χ2v) is 7.61. The standard InChI is InChI=1S/C18H18O7/c1-21-17(19)11-12(18(20)22-2)16-10-9(15(11)25-16)13-7-5-3-4-6(23-5)8(7)14(10)24-13/h3-10,13-16H,1-2H3/t5-,6-,7-,8+,9+,10+,13-,14-,15-,16-/m0/s1. The zero-order chi connectivity index (χ0) is 17.0. The molecule has 0 amide bonds. The molecule has 0 aliphatic carbocycles. The first-order valence-corrected chi connectivity index (χ1v) is 8.71. The van der Waals surface area contributed by atoms with Crippen LogP contribution < -0.4 is 0 Å². The summed E-state index contributed by atoms with van der Waals surface area (Å²) in [7, 11) is 2.63. The lowest BCUT2D eigenvalue weighted by atomic mass is 9.60. The summed E-state index contributed by atoms with van der Waals surface area (Å²) in [5, 5.41) is 0. The molecule has 6 aliphatic rings. The highest BCUT2D eigenvalue weighted by atomic mass is 16.6. The lowest BCUT2D eigenvalue weighted by molar-refractivity contribution is -0.140. The van der Waals surface area contributed by atoms with Gasteiger partial charge in [0.15, 0.2) is 0 Å². The minimum Gasteiger partial charge on any atom is -0.466 e. The van der Waals surface area contributed by atoms with E-state index >= 15 is 0 Å². The van der Waals surface area contributed by atoms with Crippen LogP contribution in [0.3, 0.4) is 0 Å². The number of hydrogen-bond donors (Lipinski definition) is 0. The van der Waals surface area contributed by atoms with Gasteiger partial charge in [-0.3, -0.25) is 0 Å². The van der Waals surface area contributed by atoms with Gasteiger partial charge in [0.2, 0.25) is 0 Å². The fourth-order valence-electron chi connectivity index (χ4n) is 6.26. The lowest BCUT2D eigenvalue weighted by Gasteiger charge is -2.37. The van der Waals surface area contributed by atoms with Gasteiger partial charge in [0, 0.05) is 23.7 Å². The molecule has 6 heterocycles. The van der Waals surface area contributed by atoms with E-state index in [1.54, 1.807) is 0 Å². The van der Waals surface area contributed by atoms with Crippen LogP contribution >= 0.6 is 0 Å². The van der Waals surface area contributed by atoms with Crippen molar-refractivity contribution in [2.75, 3.05) is 14.2 Å². The van der Waals surface area contributed by atoms with Gasteiger partial charge in [-0.2, -0.15) is 0 Å². The minimum atomic E-state index is -0.519. The number of methoxy groups -OCH3 is 2. The second kappa shape index (κ2) is 4.52. The maximum Gasteiger partial charge on any atom is 0.337 e. The molecule has 4 saturated heterocycles. The molecule has 0 spiro atoms. The molecule has 6 bridgehead atoms. The molecule has 4 fully saturated rings. The average Bonchev–Trinajstić information content (AvgIpc) is 3.42. The Morgan fingerprint density at radius 3 is 1.68 bits per heavy atom. The van der Waals surface area contributed by atoms with Crippen LogP contribution in [0.1, 0.15) is 0 Å². The molecule has 6 rings (SSSR count). The van der Waals surface area contributed by atoms with E-state index in [1.807, 2.05) is 0 Å². The van der Waals surface area contributed by atoms with Crippen LogP contribution in [-0.2, 0) is 33.3 Å². The number of carbonyl (C=O) groups excluding carboxylic acids is 2. The molecular formula is C18H18O7. The van der Waals surface area contributed by atoms with Crippen LogP contribution in [0.25, 0.3) is 0 Å². The molecule has 0 N–H and O–H groups in total. The molecule has 10 atom stereocenters. The van der Waals surface area contributed by atoms with Crippen molar-refractivity contribution in [3.63, 3.8) is 0 Å². The zero-order valence-corrected chi connectivity index (χ0v) is 13.8. The minimum absolute atomic E-state index is 0.00574. The molecule has 0 aromatic heterocycles. The number of esters is 2. The predicted molar refractivity (Wildman–Crippen MR) is 80.1 cm³/mol. The van der Waals surface area contributed by atoms with Gasteiger partial charge in [-0.1, -0.05) is 12.2 Å². The van der Waals surface area contributed by atoms with Crippen LogP contribution in [0.15, 0.2) is 23.3 Å². The van der Waals surface area contributed by atoms with Crippen molar-refractivity contribution in [1.29, 1.82) is 0 Å². The van der Waals surface area contributed by atoms with E-state index in [-0.39, 0.29) is 36.3 Å². The Balaban J connectivity index is 1.44. The van der Waals surface area contributed by atoms with Crippen LogP contribution in [0.2, 0.25) is 0 Å². The summed E-state index contributed by atoms with van der Waals surface area (Å²) in [5.74, 6) is -0.288. The van der Waals surface area contributed by atoms with Crippen LogP contribution in [0.5, 0.6) is 0 Å². The van der Waals surface area contributed by atoms with Gasteiger partial charge in [-0.25, -0.2) is 9.59 Å². The molecule has 25 heavy (non-hydrogen) atoms. The van der Waals surface area contributed by atoms with Crippen molar-refractivity contribution in [2.24, 2.45) is 23.7 Å². The summed E-state index contributed by atoms with van der Waals surface area (Å²) in [6, 6.07) is 0. The fourth-order valence-corrected chi connectivity index (χ4v) is 6.26. The van der Waals surface area contributed by atoms with Crippen LogP contribution in [-0.4, -0.2) is 62.8 Å².